The summed E-state index contributed by atoms with van der Waals surface area (Å²) in [5, 5.41) is 0. The zero-order chi connectivity index (χ0) is 13.1. The molecule has 2 rings (SSSR count). The molecule has 98 valence electrons. The molecule has 1 heterocycles. The van der Waals surface area contributed by atoms with Crippen LogP contribution in [-0.2, 0) is 4.74 Å². The first-order valence-corrected chi connectivity index (χ1v) is 6.73. The maximum Gasteiger partial charge on any atom is 0.256 e. The molecule has 5 heteroatoms. The third kappa shape index (κ3) is 3.09. The van der Waals surface area contributed by atoms with Crippen molar-refractivity contribution in [2.75, 3.05) is 19.7 Å². The second kappa shape index (κ2) is 5.80. The molecular formula is C13H15BrFNO2. The van der Waals surface area contributed by atoms with Crippen molar-refractivity contribution in [3.63, 3.8) is 0 Å². The van der Waals surface area contributed by atoms with Gasteiger partial charge in [-0.2, -0.15) is 0 Å². The molecule has 1 atom stereocenters. The van der Waals surface area contributed by atoms with Crippen LogP contribution in [0.3, 0.4) is 0 Å². The van der Waals surface area contributed by atoms with Gasteiger partial charge in [0.2, 0.25) is 0 Å². The number of nitrogens with zero attached hydrogens (tertiary/aromatic N) is 1. The first-order chi connectivity index (χ1) is 8.58. The number of hydrogen-bond acceptors (Lipinski definition) is 2. The molecule has 0 bridgehead atoms. The molecule has 0 radical (unpaired) electrons. The molecule has 1 unspecified atom stereocenters. The highest BCUT2D eigenvalue weighted by molar-refractivity contribution is 9.10. The van der Waals surface area contributed by atoms with E-state index in [0.717, 1.165) is 6.42 Å². The Balaban J connectivity index is 2.19. The summed E-state index contributed by atoms with van der Waals surface area (Å²) in [6.07, 6.45) is 0.781. The summed E-state index contributed by atoms with van der Waals surface area (Å²) in [5.41, 5.74) is 0.118. The highest BCUT2D eigenvalue weighted by Gasteiger charge is 2.23. The average Bonchev–Trinajstić information content (AvgIpc) is 2.53. The van der Waals surface area contributed by atoms with E-state index in [1.807, 2.05) is 6.92 Å². The van der Waals surface area contributed by atoms with Gasteiger partial charge in [0.15, 0.2) is 0 Å². The van der Waals surface area contributed by atoms with E-state index in [1.165, 1.54) is 12.1 Å². The van der Waals surface area contributed by atoms with Crippen LogP contribution in [0.4, 0.5) is 4.39 Å². The normalized spacial score (nSPS) is 20.6. The number of amides is 1. The molecule has 1 aliphatic rings. The Bertz CT molecular complexity index is 453. The lowest BCUT2D eigenvalue weighted by Crippen LogP contribution is -2.36. The SMILES string of the molecule is CC1CN(C(=O)c2ccc(Br)cc2F)CCCO1. The quantitative estimate of drug-likeness (QED) is 0.797. The van der Waals surface area contributed by atoms with Gasteiger partial charge in [-0.3, -0.25) is 4.79 Å². The number of halogens is 2. The van der Waals surface area contributed by atoms with E-state index in [9.17, 15) is 9.18 Å². The van der Waals surface area contributed by atoms with Gasteiger partial charge in [0.25, 0.3) is 5.91 Å². The van der Waals surface area contributed by atoms with Gasteiger partial charge in [-0.05, 0) is 31.5 Å². The standard InChI is InChI=1S/C13H15BrFNO2/c1-9-8-16(5-2-6-18-9)13(17)11-4-3-10(14)7-12(11)15/h3-4,7,9H,2,5-6,8H2,1H3. The lowest BCUT2D eigenvalue weighted by Gasteiger charge is -2.22. The molecule has 1 aliphatic heterocycles. The van der Waals surface area contributed by atoms with Crippen LogP contribution >= 0.6 is 15.9 Å². The summed E-state index contributed by atoms with van der Waals surface area (Å²) in [7, 11) is 0. The lowest BCUT2D eigenvalue weighted by atomic mass is 10.1. The summed E-state index contributed by atoms with van der Waals surface area (Å²) in [5.74, 6) is -0.760. The number of carbonyl (C=O) groups excluding carboxylic acids is 1. The topological polar surface area (TPSA) is 29.5 Å². The van der Waals surface area contributed by atoms with Crippen LogP contribution in [0, 0.1) is 5.82 Å². The van der Waals surface area contributed by atoms with Gasteiger partial charge in [0, 0.05) is 24.2 Å². The molecular weight excluding hydrogens is 301 g/mol. The Hall–Kier alpha value is -0.940. The summed E-state index contributed by atoms with van der Waals surface area (Å²) < 4.78 is 19.8. The van der Waals surface area contributed by atoms with Crippen molar-refractivity contribution in [1.82, 2.24) is 4.90 Å². The molecule has 0 saturated carbocycles. The van der Waals surface area contributed by atoms with Crippen molar-refractivity contribution in [3.8, 4) is 0 Å². The number of rotatable bonds is 1. The van der Waals surface area contributed by atoms with Gasteiger partial charge in [0.1, 0.15) is 5.82 Å². The van der Waals surface area contributed by atoms with Gasteiger partial charge in [0.05, 0.1) is 11.7 Å². The Morgan fingerprint density at radius 1 is 1.56 bits per heavy atom. The minimum Gasteiger partial charge on any atom is -0.377 e. The fourth-order valence-corrected chi connectivity index (χ4v) is 2.35. The molecule has 0 spiro atoms. The summed E-state index contributed by atoms with van der Waals surface area (Å²) in [6, 6.07) is 4.50. The molecule has 0 N–H and O–H groups in total. The maximum atomic E-state index is 13.7. The Morgan fingerprint density at radius 3 is 3.06 bits per heavy atom. The van der Waals surface area contributed by atoms with Gasteiger partial charge in [-0.15, -0.1) is 0 Å². The number of benzene rings is 1. The summed E-state index contributed by atoms with van der Waals surface area (Å²) in [6.45, 7) is 3.68. The van der Waals surface area contributed by atoms with Crippen LogP contribution in [0.5, 0.6) is 0 Å². The highest BCUT2D eigenvalue weighted by atomic mass is 79.9. The Morgan fingerprint density at radius 2 is 2.33 bits per heavy atom. The molecule has 1 amide bonds. The average molecular weight is 316 g/mol. The van der Waals surface area contributed by atoms with E-state index in [2.05, 4.69) is 15.9 Å². The van der Waals surface area contributed by atoms with E-state index in [-0.39, 0.29) is 17.6 Å². The monoisotopic (exact) mass is 315 g/mol. The minimum absolute atomic E-state index is 0.00467. The van der Waals surface area contributed by atoms with Crippen molar-refractivity contribution in [3.05, 3.63) is 34.1 Å². The molecule has 18 heavy (non-hydrogen) atoms. The first kappa shape index (κ1) is 13.5. The molecule has 1 saturated heterocycles. The molecule has 0 aliphatic carbocycles. The van der Waals surface area contributed by atoms with Crippen LogP contribution in [-0.4, -0.2) is 36.6 Å². The molecule has 1 aromatic carbocycles. The number of carbonyl (C=O) groups is 1. The van der Waals surface area contributed by atoms with E-state index in [4.69, 9.17) is 4.74 Å². The third-order valence-electron chi connectivity index (χ3n) is 2.90. The van der Waals surface area contributed by atoms with Crippen LogP contribution in [0.1, 0.15) is 23.7 Å². The summed E-state index contributed by atoms with van der Waals surface area (Å²) in [4.78, 5) is 13.9. The second-order valence-electron chi connectivity index (χ2n) is 4.41. The van der Waals surface area contributed by atoms with Gasteiger partial charge in [-0.25, -0.2) is 4.39 Å². The fraction of sp³-hybridized carbons (Fsp3) is 0.462. The van der Waals surface area contributed by atoms with Crippen LogP contribution in [0.2, 0.25) is 0 Å². The molecule has 1 fully saturated rings. The van der Waals surface area contributed by atoms with E-state index in [0.29, 0.717) is 24.2 Å². The lowest BCUT2D eigenvalue weighted by molar-refractivity contribution is 0.0560. The van der Waals surface area contributed by atoms with Crippen molar-refractivity contribution < 1.29 is 13.9 Å². The number of ether oxygens (including phenoxy) is 1. The highest BCUT2D eigenvalue weighted by Crippen LogP contribution is 2.18. The molecule has 3 nitrogen and oxygen atoms in total. The van der Waals surface area contributed by atoms with E-state index >= 15 is 0 Å². The number of hydrogen-bond donors (Lipinski definition) is 0. The predicted octanol–water partition coefficient (Wildman–Crippen LogP) is 2.84. The Labute approximate surface area is 114 Å². The van der Waals surface area contributed by atoms with Crippen LogP contribution in [0.25, 0.3) is 0 Å². The molecule has 0 aromatic heterocycles. The zero-order valence-electron chi connectivity index (χ0n) is 10.2. The Kier molecular flexibility index (Phi) is 4.35. The largest absolute Gasteiger partial charge is 0.377 e. The van der Waals surface area contributed by atoms with Crippen LogP contribution in [0.15, 0.2) is 22.7 Å². The fourth-order valence-electron chi connectivity index (χ4n) is 2.01. The van der Waals surface area contributed by atoms with Crippen LogP contribution < -0.4 is 0 Å². The van der Waals surface area contributed by atoms with E-state index in [1.54, 1.807) is 11.0 Å². The smallest absolute Gasteiger partial charge is 0.256 e. The van der Waals surface area contributed by atoms with Crippen molar-refractivity contribution in [1.29, 1.82) is 0 Å². The minimum atomic E-state index is -0.493. The van der Waals surface area contributed by atoms with Crippen molar-refractivity contribution in [2.45, 2.75) is 19.4 Å². The van der Waals surface area contributed by atoms with E-state index < -0.39 is 5.82 Å². The molecule has 1 aromatic rings. The van der Waals surface area contributed by atoms with Gasteiger partial charge >= 0.3 is 0 Å². The maximum absolute atomic E-state index is 13.7. The second-order valence-corrected chi connectivity index (χ2v) is 5.33. The van der Waals surface area contributed by atoms with Gasteiger partial charge in [-0.1, -0.05) is 15.9 Å². The van der Waals surface area contributed by atoms with Gasteiger partial charge < -0.3 is 9.64 Å². The predicted molar refractivity (Wildman–Crippen MR) is 70.0 cm³/mol. The summed E-state index contributed by atoms with van der Waals surface area (Å²) >= 11 is 3.18. The third-order valence-corrected chi connectivity index (χ3v) is 3.39. The van der Waals surface area contributed by atoms with Crippen molar-refractivity contribution >= 4 is 21.8 Å². The van der Waals surface area contributed by atoms with Crippen molar-refractivity contribution in [2.24, 2.45) is 0 Å². The zero-order valence-corrected chi connectivity index (χ0v) is 11.7. The first-order valence-electron chi connectivity index (χ1n) is 5.94.